The fourth-order valence-corrected chi connectivity index (χ4v) is 3.89. The number of benzene rings is 2. The second kappa shape index (κ2) is 8.80. The lowest BCUT2D eigenvalue weighted by Crippen LogP contribution is -2.34. The summed E-state index contributed by atoms with van der Waals surface area (Å²) in [4.78, 5) is 14.6. The van der Waals surface area contributed by atoms with Gasteiger partial charge in [0, 0.05) is 22.4 Å². The molecule has 0 unspecified atom stereocenters. The van der Waals surface area contributed by atoms with E-state index in [1.165, 1.54) is 5.56 Å². The Hall–Kier alpha value is -2.31. The minimum atomic E-state index is 0.120. The Kier molecular flexibility index (Phi) is 5.98. The lowest BCUT2D eigenvalue weighted by atomic mass is 10.2. The molecule has 1 aromatic heterocycles. The summed E-state index contributed by atoms with van der Waals surface area (Å²) in [5.41, 5.74) is 2.04. The van der Waals surface area contributed by atoms with Crippen LogP contribution in [-0.2, 0) is 17.1 Å². The fourth-order valence-electron chi connectivity index (χ4n) is 2.89. The SMILES string of the molecule is O=C(CSCc1ccccc1)N(Cc1nnc(-c2ccc(Cl)cc2)o1)C1CC1. The van der Waals surface area contributed by atoms with E-state index in [1.807, 2.05) is 35.2 Å². The van der Waals surface area contributed by atoms with E-state index in [4.69, 9.17) is 16.0 Å². The van der Waals surface area contributed by atoms with Crippen molar-refractivity contribution in [3.05, 3.63) is 71.1 Å². The molecule has 1 heterocycles. The summed E-state index contributed by atoms with van der Waals surface area (Å²) in [5, 5.41) is 8.89. The lowest BCUT2D eigenvalue weighted by molar-refractivity contribution is -0.129. The van der Waals surface area contributed by atoms with E-state index >= 15 is 0 Å². The van der Waals surface area contributed by atoms with Gasteiger partial charge in [-0.2, -0.15) is 0 Å². The van der Waals surface area contributed by atoms with Gasteiger partial charge in [-0.15, -0.1) is 22.0 Å². The van der Waals surface area contributed by atoms with Gasteiger partial charge in [-0.1, -0.05) is 41.9 Å². The van der Waals surface area contributed by atoms with Crippen molar-refractivity contribution in [1.82, 2.24) is 15.1 Å². The molecular weight excluding hydrogens is 394 g/mol. The number of thioether (sulfide) groups is 1. The third kappa shape index (κ3) is 4.94. The van der Waals surface area contributed by atoms with Crippen LogP contribution in [0.25, 0.3) is 11.5 Å². The van der Waals surface area contributed by atoms with Crippen molar-refractivity contribution >= 4 is 29.3 Å². The fraction of sp³-hybridized carbons (Fsp3) is 0.286. The van der Waals surface area contributed by atoms with Crippen LogP contribution in [0.4, 0.5) is 0 Å². The van der Waals surface area contributed by atoms with Crippen molar-refractivity contribution in [1.29, 1.82) is 0 Å². The summed E-state index contributed by atoms with van der Waals surface area (Å²) < 4.78 is 5.78. The molecule has 0 saturated heterocycles. The lowest BCUT2D eigenvalue weighted by Gasteiger charge is -2.20. The molecule has 1 amide bonds. The van der Waals surface area contributed by atoms with Gasteiger partial charge in [-0.3, -0.25) is 4.79 Å². The number of amides is 1. The van der Waals surface area contributed by atoms with E-state index < -0.39 is 0 Å². The van der Waals surface area contributed by atoms with Gasteiger partial charge in [0.2, 0.25) is 17.7 Å². The van der Waals surface area contributed by atoms with Gasteiger partial charge in [0.1, 0.15) is 0 Å². The highest BCUT2D eigenvalue weighted by molar-refractivity contribution is 7.99. The maximum absolute atomic E-state index is 12.7. The Balaban J connectivity index is 1.36. The third-order valence-corrected chi connectivity index (χ3v) is 5.75. The quantitative estimate of drug-likeness (QED) is 0.530. The van der Waals surface area contributed by atoms with Gasteiger partial charge in [-0.05, 0) is 42.7 Å². The van der Waals surface area contributed by atoms with Gasteiger partial charge in [0.15, 0.2) is 0 Å². The summed E-state index contributed by atoms with van der Waals surface area (Å²) in [5.74, 6) is 2.29. The minimum absolute atomic E-state index is 0.120. The third-order valence-electron chi connectivity index (χ3n) is 4.51. The van der Waals surface area contributed by atoms with Gasteiger partial charge >= 0.3 is 0 Å². The molecule has 2 aromatic carbocycles. The molecule has 0 radical (unpaired) electrons. The maximum atomic E-state index is 12.7. The normalized spacial score (nSPS) is 13.5. The van der Waals surface area contributed by atoms with Crippen molar-refractivity contribution in [2.75, 3.05) is 5.75 Å². The Bertz CT molecular complexity index is 926. The molecule has 0 bridgehead atoms. The monoisotopic (exact) mass is 413 g/mol. The van der Waals surface area contributed by atoms with Crippen LogP contribution in [0, 0.1) is 0 Å². The van der Waals surface area contributed by atoms with Gasteiger partial charge in [0.05, 0.1) is 12.3 Å². The topological polar surface area (TPSA) is 59.2 Å². The Morgan fingerprint density at radius 1 is 1.11 bits per heavy atom. The van der Waals surface area contributed by atoms with Crippen LogP contribution in [0.15, 0.2) is 59.0 Å². The van der Waals surface area contributed by atoms with Crippen molar-refractivity contribution in [3.63, 3.8) is 0 Å². The number of rotatable bonds is 8. The number of halogens is 1. The first-order valence-corrected chi connectivity index (χ1v) is 10.7. The first kappa shape index (κ1) is 19.0. The molecule has 1 aliphatic rings. The molecule has 0 N–H and O–H groups in total. The highest BCUT2D eigenvalue weighted by atomic mass is 35.5. The predicted molar refractivity (Wildman–Crippen MR) is 111 cm³/mol. The van der Waals surface area contributed by atoms with Crippen LogP contribution in [0.5, 0.6) is 0 Å². The molecule has 7 heteroatoms. The molecule has 5 nitrogen and oxygen atoms in total. The highest BCUT2D eigenvalue weighted by Gasteiger charge is 2.33. The smallest absolute Gasteiger partial charge is 0.247 e. The zero-order valence-electron chi connectivity index (χ0n) is 15.3. The van der Waals surface area contributed by atoms with Gasteiger partial charge < -0.3 is 9.32 Å². The second-order valence-electron chi connectivity index (χ2n) is 6.74. The van der Waals surface area contributed by atoms with E-state index in [2.05, 4.69) is 22.3 Å². The maximum Gasteiger partial charge on any atom is 0.247 e. The molecule has 1 aliphatic carbocycles. The molecule has 0 atom stereocenters. The minimum Gasteiger partial charge on any atom is -0.419 e. The molecule has 1 saturated carbocycles. The molecular formula is C21H20ClN3O2S. The number of carbonyl (C=O) groups is 1. The highest BCUT2D eigenvalue weighted by Crippen LogP contribution is 2.30. The Labute approximate surface area is 173 Å². The summed E-state index contributed by atoms with van der Waals surface area (Å²) in [6.45, 7) is 0.357. The van der Waals surface area contributed by atoms with E-state index in [0.29, 0.717) is 29.1 Å². The van der Waals surface area contributed by atoms with Crippen molar-refractivity contribution in [2.45, 2.75) is 31.2 Å². The van der Waals surface area contributed by atoms with Crippen LogP contribution in [0.1, 0.15) is 24.3 Å². The van der Waals surface area contributed by atoms with Crippen molar-refractivity contribution < 1.29 is 9.21 Å². The summed E-state index contributed by atoms with van der Waals surface area (Å²) in [6.07, 6.45) is 2.07. The molecule has 0 spiro atoms. The Morgan fingerprint density at radius 2 is 1.86 bits per heavy atom. The van der Waals surface area contributed by atoms with Gasteiger partial charge in [0.25, 0.3) is 0 Å². The van der Waals surface area contributed by atoms with Crippen LogP contribution in [-0.4, -0.2) is 32.8 Å². The summed E-state index contributed by atoms with van der Waals surface area (Å²) >= 11 is 7.55. The van der Waals surface area contributed by atoms with Crippen molar-refractivity contribution in [3.8, 4) is 11.5 Å². The van der Waals surface area contributed by atoms with E-state index in [1.54, 1.807) is 23.9 Å². The second-order valence-corrected chi connectivity index (χ2v) is 8.16. The molecule has 144 valence electrons. The zero-order chi connectivity index (χ0) is 19.3. The zero-order valence-corrected chi connectivity index (χ0v) is 16.8. The van der Waals surface area contributed by atoms with E-state index in [-0.39, 0.29) is 11.9 Å². The summed E-state index contributed by atoms with van der Waals surface area (Å²) in [7, 11) is 0. The van der Waals surface area contributed by atoms with Crippen LogP contribution < -0.4 is 0 Å². The molecule has 4 rings (SSSR count). The number of aromatic nitrogens is 2. The average molecular weight is 414 g/mol. The average Bonchev–Trinajstić information content (AvgIpc) is 3.45. The molecule has 28 heavy (non-hydrogen) atoms. The van der Waals surface area contributed by atoms with Crippen molar-refractivity contribution in [2.24, 2.45) is 0 Å². The number of carbonyl (C=O) groups excluding carboxylic acids is 1. The molecule has 1 fully saturated rings. The number of hydrogen-bond acceptors (Lipinski definition) is 5. The first-order valence-electron chi connectivity index (χ1n) is 9.18. The van der Waals surface area contributed by atoms with Crippen LogP contribution in [0.3, 0.4) is 0 Å². The number of hydrogen-bond donors (Lipinski definition) is 0. The summed E-state index contributed by atoms with van der Waals surface area (Å²) in [6, 6.07) is 17.7. The van der Waals surface area contributed by atoms with E-state index in [9.17, 15) is 4.79 Å². The Morgan fingerprint density at radius 3 is 2.57 bits per heavy atom. The predicted octanol–water partition coefficient (Wildman–Crippen LogP) is 4.81. The van der Waals surface area contributed by atoms with Crippen LogP contribution >= 0.6 is 23.4 Å². The standard InChI is InChI=1S/C21H20ClN3O2S/c22-17-8-6-16(7-9-17)21-24-23-19(27-21)12-25(18-10-11-18)20(26)14-28-13-15-4-2-1-3-5-15/h1-9,18H,10-14H2. The first-order chi connectivity index (χ1) is 13.7. The molecule has 0 aliphatic heterocycles. The van der Waals surface area contributed by atoms with E-state index in [0.717, 1.165) is 24.2 Å². The van der Waals surface area contributed by atoms with Crippen LogP contribution in [0.2, 0.25) is 5.02 Å². The molecule has 3 aromatic rings. The number of nitrogens with zero attached hydrogens (tertiary/aromatic N) is 3. The van der Waals surface area contributed by atoms with Gasteiger partial charge in [-0.25, -0.2) is 0 Å². The largest absolute Gasteiger partial charge is 0.419 e.